The van der Waals surface area contributed by atoms with Gasteiger partial charge in [-0.25, -0.2) is 4.79 Å². The fourth-order valence-electron chi connectivity index (χ4n) is 1.12. The Balaban J connectivity index is 2.77. The van der Waals surface area contributed by atoms with Crippen molar-refractivity contribution in [3.05, 3.63) is 24.3 Å². The Morgan fingerprint density at radius 1 is 1.36 bits per heavy atom. The molecule has 0 saturated carbocycles. The van der Waals surface area contributed by atoms with Crippen LogP contribution in [0.2, 0.25) is 0 Å². The number of esters is 1. The molecule has 4 heteroatoms. The molecule has 76 valence electrons. The number of aliphatic hydroxyl groups is 1. The number of rotatable bonds is 0. The number of carbonyl (C=O) groups is 2. The zero-order chi connectivity index (χ0) is 10.6. The maximum atomic E-state index is 11.0. The van der Waals surface area contributed by atoms with E-state index in [4.69, 9.17) is 4.74 Å². The average molecular weight is 196 g/mol. The van der Waals surface area contributed by atoms with E-state index in [1.54, 1.807) is 6.92 Å². The van der Waals surface area contributed by atoms with E-state index in [2.05, 4.69) is 0 Å². The van der Waals surface area contributed by atoms with Crippen molar-refractivity contribution in [2.24, 2.45) is 0 Å². The molecule has 1 aliphatic rings. The summed E-state index contributed by atoms with van der Waals surface area (Å²) in [6, 6.07) is 0. The summed E-state index contributed by atoms with van der Waals surface area (Å²) >= 11 is 0. The lowest BCUT2D eigenvalue weighted by atomic mass is 10.1. The van der Waals surface area contributed by atoms with Crippen molar-refractivity contribution in [3.8, 4) is 0 Å². The number of allylic oxidation sites excluding steroid dienone is 2. The second kappa shape index (κ2) is 4.72. The van der Waals surface area contributed by atoms with E-state index in [0.29, 0.717) is 6.42 Å². The minimum Gasteiger partial charge on any atom is -0.459 e. The lowest BCUT2D eigenvalue weighted by Gasteiger charge is -2.14. The monoisotopic (exact) mass is 196 g/mol. The van der Waals surface area contributed by atoms with Gasteiger partial charge < -0.3 is 9.84 Å². The molecule has 1 rings (SSSR count). The second-order valence-corrected chi connectivity index (χ2v) is 3.15. The van der Waals surface area contributed by atoms with Gasteiger partial charge in [0.2, 0.25) is 0 Å². The third-order valence-corrected chi connectivity index (χ3v) is 1.76. The molecule has 0 aromatic heterocycles. The molecule has 1 N–H and O–H groups in total. The number of carbonyl (C=O) groups excluding carboxylic acids is 2. The van der Waals surface area contributed by atoms with E-state index in [1.165, 1.54) is 12.2 Å². The first kappa shape index (κ1) is 10.7. The summed E-state index contributed by atoms with van der Waals surface area (Å²) in [4.78, 5) is 22.0. The first-order valence-corrected chi connectivity index (χ1v) is 4.37. The van der Waals surface area contributed by atoms with Crippen LogP contribution in [-0.4, -0.2) is 29.1 Å². The Hall–Kier alpha value is -1.42. The smallest absolute Gasteiger partial charge is 0.331 e. The highest BCUT2D eigenvalue weighted by Crippen LogP contribution is 2.06. The molecule has 0 spiro atoms. The Kier molecular flexibility index (Phi) is 3.59. The van der Waals surface area contributed by atoms with Crippen LogP contribution in [0.15, 0.2) is 24.3 Å². The molecule has 1 heterocycles. The maximum absolute atomic E-state index is 11.0. The number of aliphatic hydroxyl groups excluding tert-OH is 1. The van der Waals surface area contributed by atoms with Gasteiger partial charge in [0.25, 0.3) is 0 Å². The molecule has 0 aromatic carbocycles. The Labute approximate surface area is 81.9 Å². The van der Waals surface area contributed by atoms with Gasteiger partial charge in [0.1, 0.15) is 6.10 Å². The summed E-state index contributed by atoms with van der Waals surface area (Å²) in [5.41, 5.74) is 0. The van der Waals surface area contributed by atoms with Gasteiger partial charge in [0.05, 0.1) is 6.10 Å². The van der Waals surface area contributed by atoms with Gasteiger partial charge in [-0.15, -0.1) is 0 Å². The van der Waals surface area contributed by atoms with E-state index < -0.39 is 12.1 Å². The van der Waals surface area contributed by atoms with Crippen molar-refractivity contribution >= 4 is 11.8 Å². The van der Waals surface area contributed by atoms with Crippen molar-refractivity contribution in [3.63, 3.8) is 0 Å². The van der Waals surface area contributed by atoms with E-state index in [1.807, 2.05) is 0 Å². The molecule has 0 bridgehead atoms. The maximum Gasteiger partial charge on any atom is 0.331 e. The topological polar surface area (TPSA) is 63.6 Å². The third-order valence-electron chi connectivity index (χ3n) is 1.76. The highest BCUT2D eigenvalue weighted by Gasteiger charge is 2.12. The van der Waals surface area contributed by atoms with Crippen LogP contribution >= 0.6 is 0 Å². The Bertz CT molecular complexity index is 290. The summed E-state index contributed by atoms with van der Waals surface area (Å²) < 4.78 is 4.87. The third kappa shape index (κ3) is 3.53. The molecular formula is C10H12O4. The predicted molar refractivity (Wildman–Crippen MR) is 49.5 cm³/mol. The Morgan fingerprint density at radius 3 is 2.79 bits per heavy atom. The molecule has 0 fully saturated rings. The van der Waals surface area contributed by atoms with Gasteiger partial charge in [-0.3, -0.25) is 4.79 Å². The fourth-order valence-corrected chi connectivity index (χ4v) is 1.12. The van der Waals surface area contributed by atoms with Gasteiger partial charge >= 0.3 is 5.97 Å². The quantitative estimate of drug-likeness (QED) is 0.568. The number of ether oxygens (including phenoxy) is 1. The van der Waals surface area contributed by atoms with Gasteiger partial charge in [-0.1, -0.05) is 6.08 Å². The fraction of sp³-hybridized carbons (Fsp3) is 0.400. The van der Waals surface area contributed by atoms with Crippen LogP contribution in [0.3, 0.4) is 0 Å². The van der Waals surface area contributed by atoms with E-state index in [0.717, 1.165) is 12.2 Å². The molecular weight excluding hydrogens is 184 g/mol. The van der Waals surface area contributed by atoms with Crippen LogP contribution in [0.25, 0.3) is 0 Å². The van der Waals surface area contributed by atoms with Crippen molar-refractivity contribution in [2.75, 3.05) is 0 Å². The van der Waals surface area contributed by atoms with Crippen LogP contribution in [0, 0.1) is 0 Å². The summed E-state index contributed by atoms with van der Waals surface area (Å²) in [6.45, 7) is 1.69. The molecule has 0 saturated heterocycles. The highest BCUT2D eigenvalue weighted by atomic mass is 16.5. The standard InChI is InChI=1S/C10H12O4/c1-7-6-9(12)3-2-8(11)4-5-10(13)14-7/h2-5,7,9,12H,6H2,1H3. The van der Waals surface area contributed by atoms with Gasteiger partial charge in [0, 0.05) is 12.5 Å². The lowest BCUT2D eigenvalue weighted by molar-refractivity contribution is -0.143. The van der Waals surface area contributed by atoms with E-state index in [9.17, 15) is 14.7 Å². The van der Waals surface area contributed by atoms with Crippen molar-refractivity contribution in [1.29, 1.82) is 0 Å². The lowest BCUT2D eigenvalue weighted by Crippen LogP contribution is -2.20. The molecule has 2 atom stereocenters. The molecule has 0 radical (unpaired) electrons. The van der Waals surface area contributed by atoms with Crippen LogP contribution in [0.1, 0.15) is 13.3 Å². The van der Waals surface area contributed by atoms with Crippen molar-refractivity contribution in [1.82, 2.24) is 0 Å². The predicted octanol–water partition coefficient (Wildman–Crippen LogP) is 0.364. The van der Waals surface area contributed by atoms with Crippen LogP contribution < -0.4 is 0 Å². The summed E-state index contributed by atoms with van der Waals surface area (Å²) in [7, 11) is 0. The van der Waals surface area contributed by atoms with Crippen molar-refractivity contribution in [2.45, 2.75) is 25.6 Å². The Morgan fingerprint density at radius 2 is 2.07 bits per heavy atom. The zero-order valence-corrected chi connectivity index (χ0v) is 7.84. The summed E-state index contributed by atoms with van der Waals surface area (Å²) in [6.07, 6.45) is 4.01. The largest absolute Gasteiger partial charge is 0.459 e. The van der Waals surface area contributed by atoms with Crippen LogP contribution in [-0.2, 0) is 14.3 Å². The minimum atomic E-state index is -0.756. The molecule has 4 nitrogen and oxygen atoms in total. The van der Waals surface area contributed by atoms with Gasteiger partial charge in [-0.2, -0.15) is 0 Å². The first-order valence-electron chi connectivity index (χ1n) is 4.37. The molecule has 0 amide bonds. The van der Waals surface area contributed by atoms with Crippen molar-refractivity contribution < 1.29 is 19.4 Å². The number of hydrogen-bond acceptors (Lipinski definition) is 4. The molecule has 0 aliphatic carbocycles. The highest BCUT2D eigenvalue weighted by molar-refractivity contribution is 6.02. The normalized spacial score (nSPS) is 28.7. The summed E-state index contributed by atoms with van der Waals surface area (Å²) in [5.74, 6) is -0.899. The SMILES string of the molecule is CC1CC(O)C=CC(=O)C=CC(=O)O1. The molecule has 1 aliphatic heterocycles. The minimum absolute atomic E-state index is 0.295. The number of cyclic esters (lactones) is 1. The molecule has 0 aromatic rings. The van der Waals surface area contributed by atoms with Crippen LogP contribution in [0.4, 0.5) is 0 Å². The van der Waals surface area contributed by atoms with Gasteiger partial charge in [-0.05, 0) is 19.1 Å². The number of hydrogen-bond donors (Lipinski definition) is 1. The van der Waals surface area contributed by atoms with Gasteiger partial charge in [0.15, 0.2) is 5.78 Å². The molecule has 2 unspecified atom stereocenters. The zero-order valence-electron chi connectivity index (χ0n) is 7.84. The first-order chi connectivity index (χ1) is 6.58. The van der Waals surface area contributed by atoms with Crippen LogP contribution in [0.5, 0.6) is 0 Å². The summed E-state index contributed by atoms with van der Waals surface area (Å²) in [5, 5.41) is 9.35. The van der Waals surface area contributed by atoms with E-state index >= 15 is 0 Å². The molecule has 14 heavy (non-hydrogen) atoms. The van der Waals surface area contributed by atoms with E-state index in [-0.39, 0.29) is 11.9 Å². The number of ketones is 1. The second-order valence-electron chi connectivity index (χ2n) is 3.15. The average Bonchev–Trinajstić information content (AvgIpc) is 2.10.